The highest BCUT2D eigenvalue weighted by atomic mass is 16.1. The molecule has 26 heavy (non-hydrogen) atoms. The Hall–Kier alpha value is -2.30. The van der Waals surface area contributed by atoms with Gasteiger partial charge >= 0.3 is 0 Å². The quantitative estimate of drug-likeness (QED) is 0.773. The number of rotatable bonds is 7. The average Bonchev–Trinajstić information content (AvgIpc) is 2.67. The fourth-order valence-electron chi connectivity index (χ4n) is 3.58. The second kappa shape index (κ2) is 8.88. The molecule has 1 aromatic heterocycles. The molecule has 2 heterocycles. The second-order valence-corrected chi connectivity index (χ2v) is 7.07. The molecule has 0 saturated carbocycles. The Bertz CT molecular complexity index is 748. The van der Waals surface area contributed by atoms with Gasteiger partial charge in [0.1, 0.15) is 0 Å². The van der Waals surface area contributed by atoms with Crippen molar-refractivity contribution in [3.8, 4) is 0 Å². The number of benzene rings is 1. The maximum Gasteiger partial charge on any atom is 0.255 e. The van der Waals surface area contributed by atoms with Crippen molar-refractivity contribution in [2.45, 2.75) is 46.0 Å². The molecule has 0 unspecified atom stereocenters. The monoisotopic (exact) mass is 354 g/mol. The van der Waals surface area contributed by atoms with Crippen molar-refractivity contribution in [2.75, 3.05) is 36.0 Å². The van der Waals surface area contributed by atoms with E-state index in [1.165, 1.54) is 24.9 Å². The minimum absolute atomic E-state index is 0.0366. The Kier molecular flexibility index (Phi) is 6.31. The molecule has 0 amide bonds. The van der Waals surface area contributed by atoms with Crippen LogP contribution in [0, 0.1) is 6.92 Å². The number of aryl methyl sites for hydroxylation is 1. The first-order chi connectivity index (χ1) is 12.7. The molecule has 5 nitrogen and oxygen atoms in total. The molecule has 140 valence electrons. The van der Waals surface area contributed by atoms with Crippen LogP contribution in [0.25, 0.3) is 0 Å². The lowest BCUT2D eigenvalue weighted by Crippen LogP contribution is -2.47. The van der Waals surface area contributed by atoms with E-state index < -0.39 is 0 Å². The summed E-state index contributed by atoms with van der Waals surface area (Å²) < 4.78 is 0. The van der Waals surface area contributed by atoms with Gasteiger partial charge in [0, 0.05) is 43.1 Å². The summed E-state index contributed by atoms with van der Waals surface area (Å²) in [7, 11) is 0. The van der Waals surface area contributed by atoms with Crippen LogP contribution in [0.15, 0.2) is 35.1 Å². The number of hydrogen-bond donors (Lipinski definition) is 1. The van der Waals surface area contributed by atoms with Crippen LogP contribution in [0.4, 0.5) is 11.6 Å². The van der Waals surface area contributed by atoms with E-state index in [0.29, 0.717) is 0 Å². The van der Waals surface area contributed by atoms with Crippen molar-refractivity contribution in [1.29, 1.82) is 0 Å². The number of nitrogens with one attached hydrogen (secondary N) is 1. The fourth-order valence-corrected chi connectivity index (χ4v) is 3.58. The van der Waals surface area contributed by atoms with Crippen LogP contribution < -0.4 is 15.4 Å². The van der Waals surface area contributed by atoms with E-state index in [1.807, 2.05) is 13.0 Å². The summed E-state index contributed by atoms with van der Waals surface area (Å²) in [4.78, 5) is 24.8. The van der Waals surface area contributed by atoms with Gasteiger partial charge in [-0.3, -0.25) is 9.78 Å². The predicted octanol–water partition coefficient (Wildman–Crippen LogP) is 3.53. The molecule has 0 radical (unpaired) electrons. The van der Waals surface area contributed by atoms with E-state index >= 15 is 0 Å². The standard InChI is InChI=1S/C21H30N4O/c1-3-4-5-9-12-19-17(2)22-21(23-20(19)26)25-15-13-24(14-16-25)18-10-7-6-8-11-18/h6-8,10-11H,3-5,9,12-16H2,1-2H3,(H,22,23,26). The molecule has 0 atom stereocenters. The summed E-state index contributed by atoms with van der Waals surface area (Å²) in [5, 5.41) is 0. The van der Waals surface area contributed by atoms with Crippen molar-refractivity contribution in [2.24, 2.45) is 0 Å². The maximum atomic E-state index is 12.5. The number of aromatic nitrogens is 2. The molecular weight excluding hydrogens is 324 g/mol. The summed E-state index contributed by atoms with van der Waals surface area (Å²) in [5.41, 5.74) is 3.03. The van der Waals surface area contributed by atoms with Gasteiger partial charge in [0.15, 0.2) is 0 Å². The molecule has 2 aromatic rings. The molecule has 5 heteroatoms. The van der Waals surface area contributed by atoms with Gasteiger partial charge < -0.3 is 9.80 Å². The highest BCUT2D eigenvalue weighted by Crippen LogP contribution is 2.18. The molecule has 1 aliphatic rings. The van der Waals surface area contributed by atoms with Crippen LogP contribution in [0.1, 0.15) is 43.9 Å². The van der Waals surface area contributed by atoms with Gasteiger partial charge in [0.05, 0.1) is 0 Å². The van der Waals surface area contributed by atoms with Crippen molar-refractivity contribution in [1.82, 2.24) is 9.97 Å². The zero-order valence-corrected chi connectivity index (χ0v) is 16.0. The van der Waals surface area contributed by atoms with Crippen molar-refractivity contribution >= 4 is 11.6 Å². The Labute approximate surface area is 156 Å². The summed E-state index contributed by atoms with van der Waals surface area (Å²) in [6.07, 6.45) is 5.51. The molecule has 3 rings (SSSR count). The minimum Gasteiger partial charge on any atom is -0.368 e. The highest BCUT2D eigenvalue weighted by Gasteiger charge is 2.20. The highest BCUT2D eigenvalue weighted by molar-refractivity contribution is 5.48. The molecule has 1 aromatic carbocycles. The Morgan fingerprint density at radius 2 is 1.69 bits per heavy atom. The topological polar surface area (TPSA) is 52.2 Å². The normalized spacial score (nSPS) is 14.7. The third kappa shape index (κ3) is 4.45. The van der Waals surface area contributed by atoms with Crippen LogP contribution in [0.2, 0.25) is 0 Å². The predicted molar refractivity (Wildman–Crippen MR) is 108 cm³/mol. The van der Waals surface area contributed by atoms with Crippen molar-refractivity contribution in [3.05, 3.63) is 51.9 Å². The average molecular weight is 354 g/mol. The Morgan fingerprint density at radius 3 is 2.35 bits per heavy atom. The lowest BCUT2D eigenvalue weighted by atomic mass is 10.1. The van der Waals surface area contributed by atoms with Crippen LogP contribution in [-0.4, -0.2) is 36.1 Å². The SMILES string of the molecule is CCCCCCc1c(C)nc(N2CCN(c3ccccc3)CC2)[nH]c1=O. The zero-order chi connectivity index (χ0) is 18.4. The van der Waals surface area contributed by atoms with Gasteiger partial charge in [-0.2, -0.15) is 0 Å². The fraction of sp³-hybridized carbons (Fsp3) is 0.524. The first-order valence-electron chi connectivity index (χ1n) is 9.83. The molecule has 1 fully saturated rings. The Balaban J connectivity index is 1.63. The van der Waals surface area contributed by atoms with Gasteiger partial charge in [-0.15, -0.1) is 0 Å². The number of H-pyrrole nitrogens is 1. The third-order valence-electron chi connectivity index (χ3n) is 5.19. The third-order valence-corrected chi connectivity index (χ3v) is 5.19. The maximum absolute atomic E-state index is 12.5. The lowest BCUT2D eigenvalue weighted by molar-refractivity contribution is 0.633. The van der Waals surface area contributed by atoms with E-state index in [4.69, 9.17) is 4.98 Å². The van der Waals surface area contributed by atoms with Crippen molar-refractivity contribution < 1.29 is 0 Å². The van der Waals surface area contributed by atoms with E-state index in [9.17, 15) is 4.79 Å². The van der Waals surface area contributed by atoms with Gasteiger partial charge in [-0.05, 0) is 31.9 Å². The van der Waals surface area contributed by atoms with Crippen LogP contribution >= 0.6 is 0 Å². The molecular formula is C21H30N4O. The summed E-state index contributed by atoms with van der Waals surface area (Å²) in [5.74, 6) is 0.720. The number of unbranched alkanes of at least 4 members (excludes halogenated alkanes) is 3. The summed E-state index contributed by atoms with van der Waals surface area (Å²) in [6.45, 7) is 7.78. The van der Waals surface area contributed by atoms with Gasteiger partial charge in [0.2, 0.25) is 5.95 Å². The minimum atomic E-state index is 0.0366. The first-order valence-corrected chi connectivity index (χ1v) is 9.83. The van der Waals surface area contributed by atoms with Gasteiger partial charge in [-0.25, -0.2) is 4.98 Å². The second-order valence-electron chi connectivity index (χ2n) is 7.07. The number of aromatic amines is 1. The van der Waals surface area contributed by atoms with E-state index in [2.05, 4.69) is 46.0 Å². The van der Waals surface area contributed by atoms with Crippen LogP contribution in [0.3, 0.4) is 0 Å². The molecule has 1 aliphatic heterocycles. The number of anilines is 2. The number of para-hydroxylation sites is 1. The molecule has 1 saturated heterocycles. The molecule has 1 N–H and O–H groups in total. The van der Waals surface area contributed by atoms with Crippen LogP contribution in [0.5, 0.6) is 0 Å². The molecule has 0 aliphatic carbocycles. The smallest absolute Gasteiger partial charge is 0.255 e. The Morgan fingerprint density at radius 1 is 1.00 bits per heavy atom. The first kappa shape index (κ1) is 18.5. The number of nitrogens with zero attached hydrogens (tertiary/aromatic N) is 3. The molecule has 0 spiro atoms. The van der Waals surface area contributed by atoms with Crippen molar-refractivity contribution in [3.63, 3.8) is 0 Å². The summed E-state index contributed by atoms with van der Waals surface area (Å²) in [6, 6.07) is 10.5. The number of piperazine rings is 1. The zero-order valence-electron chi connectivity index (χ0n) is 16.0. The van der Waals surface area contributed by atoms with Gasteiger partial charge in [0.25, 0.3) is 5.56 Å². The van der Waals surface area contributed by atoms with Crippen LogP contribution in [-0.2, 0) is 6.42 Å². The van der Waals surface area contributed by atoms with E-state index in [0.717, 1.165) is 56.2 Å². The number of hydrogen-bond acceptors (Lipinski definition) is 4. The largest absolute Gasteiger partial charge is 0.368 e. The summed E-state index contributed by atoms with van der Waals surface area (Å²) >= 11 is 0. The van der Waals surface area contributed by atoms with E-state index in [1.54, 1.807) is 0 Å². The lowest BCUT2D eigenvalue weighted by Gasteiger charge is -2.36. The van der Waals surface area contributed by atoms with E-state index in [-0.39, 0.29) is 5.56 Å². The molecule has 0 bridgehead atoms. The van der Waals surface area contributed by atoms with Gasteiger partial charge in [-0.1, -0.05) is 44.4 Å².